The van der Waals surface area contributed by atoms with E-state index in [9.17, 15) is 5.11 Å². The summed E-state index contributed by atoms with van der Waals surface area (Å²) in [6, 6.07) is 2.04. The fourth-order valence-electron chi connectivity index (χ4n) is 0.829. The van der Waals surface area contributed by atoms with Crippen molar-refractivity contribution in [3.63, 3.8) is 0 Å². The van der Waals surface area contributed by atoms with Gasteiger partial charge in [-0.05, 0) is 30.4 Å². The minimum atomic E-state index is -0.251. The second kappa shape index (κ2) is 3.17. The van der Waals surface area contributed by atoms with Gasteiger partial charge in [-0.25, -0.2) is 0 Å². The Morgan fingerprint density at radius 1 is 1.70 bits per heavy atom. The molecule has 0 aliphatic carbocycles. The lowest BCUT2D eigenvalue weighted by Gasteiger charge is -2.01. The van der Waals surface area contributed by atoms with E-state index in [1.165, 1.54) is 5.56 Å². The van der Waals surface area contributed by atoms with Crippen molar-refractivity contribution in [3.8, 4) is 0 Å². The number of aliphatic hydroxyl groups is 1. The van der Waals surface area contributed by atoms with E-state index in [0.29, 0.717) is 0 Å². The van der Waals surface area contributed by atoms with Crippen molar-refractivity contribution in [2.24, 2.45) is 0 Å². The molecule has 10 heavy (non-hydrogen) atoms. The molecule has 1 heterocycles. The fraction of sp³-hybridized carbons (Fsp3) is 0.500. The maximum absolute atomic E-state index is 9.35. The molecule has 1 unspecified atom stereocenters. The van der Waals surface area contributed by atoms with Crippen LogP contribution in [0, 0.1) is 6.92 Å². The quantitative estimate of drug-likeness (QED) is 0.697. The van der Waals surface area contributed by atoms with Crippen molar-refractivity contribution >= 4 is 11.3 Å². The number of aliphatic hydroxyl groups excluding tert-OH is 1. The van der Waals surface area contributed by atoms with Crippen LogP contribution in [0.2, 0.25) is 0 Å². The van der Waals surface area contributed by atoms with Crippen molar-refractivity contribution in [3.05, 3.63) is 21.9 Å². The zero-order valence-corrected chi connectivity index (χ0v) is 7.11. The van der Waals surface area contributed by atoms with E-state index >= 15 is 0 Å². The standard InChI is InChI=1S/C8H12OS/c1-3-7(9)8-4-6(2)5-10-8/h4-5,7,9H,3H2,1-2H3. The predicted octanol–water partition coefficient (Wildman–Crippen LogP) is 2.50. The van der Waals surface area contributed by atoms with Crippen LogP contribution in [0.1, 0.15) is 29.9 Å². The van der Waals surface area contributed by atoms with Gasteiger partial charge < -0.3 is 5.11 Å². The van der Waals surface area contributed by atoms with Crippen LogP contribution >= 0.6 is 11.3 Å². The lowest BCUT2D eigenvalue weighted by atomic mass is 10.2. The highest BCUT2D eigenvalue weighted by Gasteiger charge is 2.05. The molecular formula is C8H12OS. The van der Waals surface area contributed by atoms with E-state index in [1.54, 1.807) is 11.3 Å². The third kappa shape index (κ3) is 1.58. The largest absolute Gasteiger partial charge is 0.388 e. The first-order valence-corrected chi connectivity index (χ1v) is 4.35. The van der Waals surface area contributed by atoms with Crippen LogP contribution in [-0.2, 0) is 0 Å². The van der Waals surface area contributed by atoms with Gasteiger partial charge in [-0.1, -0.05) is 6.92 Å². The van der Waals surface area contributed by atoms with E-state index in [0.717, 1.165) is 11.3 Å². The first-order valence-electron chi connectivity index (χ1n) is 3.47. The Morgan fingerprint density at radius 3 is 2.80 bits per heavy atom. The summed E-state index contributed by atoms with van der Waals surface area (Å²) in [4.78, 5) is 1.08. The van der Waals surface area contributed by atoms with Crippen molar-refractivity contribution in [2.75, 3.05) is 0 Å². The minimum Gasteiger partial charge on any atom is -0.388 e. The average molecular weight is 156 g/mol. The van der Waals surface area contributed by atoms with Gasteiger partial charge in [-0.15, -0.1) is 11.3 Å². The number of hydrogen-bond donors (Lipinski definition) is 1. The Morgan fingerprint density at radius 2 is 2.40 bits per heavy atom. The molecule has 0 spiro atoms. The molecule has 0 fully saturated rings. The van der Waals surface area contributed by atoms with Gasteiger partial charge in [-0.2, -0.15) is 0 Å². The molecule has 2 heteroatoms. The van der Waals surface area contributed by atoms with Gasteiger partial charge in [0.05, 0.1) is 6.10 Å². The topological polar surface area (TPSA) is 20.2 Å². The Balaban J connectivity index is 2.74. The van der Waals surface area contributed by atoms with Gasteiger partial charge in [0.15, 0.2) is 0 Å². The number of hydrogen-bond acceptors (Lipinski definition) is 2. The highest BCUT2D eigenvalue weighted by molar-refractivity contribution is 7.10. The van der Waals surface area contributed by atoms with Gasteiger partial charge >= 0.3 is 0 Å². The first-order chi connectivity index (χ1) is 4.74. The molecule has 1 aromatic heterocycles. The van der Waals surface area contributed by atoms with Crippen molar-refractivity contribution in [1.82, 2.24) is 0 Å². The van der Waals surface area contributed by atoms with Crippen LogP contribution < -0.4 is 0 Å². The Labute approximate surface area is 65.3 Å². The second-order valence-electron chi connectivity index (χ2n) is 2.45. The van der Waals surface area contributed by atoms with Gasteiger partial charge in [-0.3, -0.25) is 0 Å². The molecule has 1 atom stereocenters. The fourth-order valence-corrected chi connectivity index (χ4v) is 1.80. The summed E-state index contributed by atoms with van der Waals surface area (Å²) in [7, 11) is 0. The summed E-state index contributed by atoms with van der Waals surface area (Å²) in [5, 5.41) is 11.4. The molecule has 1 aromatic rings. The molecule has 56 valence electrons. The van der Waals surface area contributed by atoms with Crippen molar-refractivity contribution in [2.45, 2.75) is 26.4 Å². The van der Waals surface area contributed by atoms with Crippen LogP contribution in [0.3, 0.4) is 0 Å². The molecule has 0 aromatic carbocycles. The first kappa shape index (κ1) is 7.76. The molecule has 0 saturated carbocycles. The third-order valence-corrected chi connectivity index (χ3v) is 2.62. The molecule has 0 radical (unpaired) electrons. The molecule has 0 aliphatic heterocycles. The zero-order valence-electron chi connectivity index (χ0n) is 6.29. The molecular weight excluding hydrogens is 144 g/mol. The highest BCUT2D eigenvalue weighted by atomic mass is 32.1. The van der Waals surface area contributed by atoms with Crippen LogP contribution in [0.4, 0.5) is 0 Å². The monoisotopic (exact) mass is 156 g/mol. The Hall–Kier alpha value is -0.340. The number of aryl methyl sites for hydroxylation is 1. The summed E-state index contributed by atoms with van der Waals surface area (Å²) in [6.07, 6.45) is 0.554. The highest BCUT2D eigenvalue weighted by Crippen LogP contribution is 2.23. The Bertz CT molecular complexity index is 205. The molecule has 0 saturated heterocycles. The lowest BCUT2D eigenvalue weighted by molar-refractivity contribution is 0.177. The van der Waals surface area contributed by atoms with Gasteiger partial charge in [0.2, 0.25) is 0 Å². The van der Waals surface area contributed by atoms with E-state index in [4.69, 9.17) is 0 Å². The molecule has 1 nitrogen and oxygen atoms in total. The molecule has 0 aliphatic rings. The lowest BCUT2D eigenvalue weighted by Crippen LogP contribution is -1.89. The van der Waals surface area contributed by atoms with Crippen molar-refractivity contribution < 1.29 is 5.11 Å². The normalized spacial score (nSPS) is 13.5. The molecule has 1 rings (SSSR count). The van der Waals surface area contributed by atoms with Gasteiger partial charge in [0.25, 0.3) is 0 Å². The maximum Gasteiger partial charge on any atom is 0.0879 e. The summed E-state index contributed by atoms with van der Waals surface area (Å²) < 4.78 is 0. The molecule has 1 N–H and O–H groups in total. The Kier molecular flexibility index (Phi) is 2.46. The summed E-state index contributed by atoms with van der Waals surface area (Å²) in [5.41, 5.74) is 1.24. The van der Waals surface area contributed by atoms with E-state index in [1.807, 2.05) is 19.9 Å². The third-order valence-electron chi connectivity index (χ3n) is 1.47. The van der Waals surface area contributed by atoms with Crippen LogP contribution in [-0.4, -0.2) is 5.11 Å². The smallest absolute Gasteiger partial charge is 0.0879 e. The maximum atomic E-state index is 9.35. The second-order valence-corrected chi connectivity index (χ2v) is 3.39. The van der Waals surface area contributed by atoms with Crippen LogP contribution in [0.5, 0.6) is 0 Å². The van der Waals surface area contributed by atoms with E-state index in [2.05, 4.69) is 5.38 Å². The predicted molar refractivity (Wildman–Crippen MR) is 44.3 cm³/mol. The number of rotatable bonds is 2. The van der Waals surface area contributed by atoms with Gasteiger partial charge in [0.1, 0.15) is 0 Å². The molecule has 0 amide bonds. The average Bonchev–Trinajstić information content (AvgIpc) is 2.34. The summed E-state index contributed by atoms with van der Waals surface area (Å²) >= 11 is 1.63. The zero-order chi connectivity index (χ0) is 7.56. The minimum absolute atomic E-state index is 0.251. The SMILES string of the molecule is CCC(O)c1cc(C)cs1. The van der Waals surface area contributed by atoms with E-state index in [-0.39, 0.29) is 6.10 Å². The summed E-state index contributed by atoms with van der Waals surface area (Å²) in [5.74, 6) is 0. The number of thiophene rings is 1. The molecule has 0 bridgehead atoms. The van der Waals surface area contributed by atoms with Crippen LogP contribution in [0.15, 0.2) is 11.4 Å². The van der Waals surface area contributed by atoms with Gasteiger partial charge in [0, 0.05) is 4.88 Å². The summed E-state index contributed by atoms with van der Waals surface area (Å²) in [6.45, 7) is 4.03. The van der Waals surface area contributed by atoms with Crippen molar-refractivity contribution in [1.29, 1.82) is 0 Å². The van der Waals surface area contributed by atoms with E-state index < -0.39 is 0 Å². The van der Waals surface area contributed by atoms with Crippen LogP contribution in [0.25, 0.3) is 0 Å².